The van der Waals surface area contributed by atoms with E-state index < -0.39 is 0 Å². The molecule has 0 aliphatic carbocycles. The molecular formula is C11H13N5O. The highest BCUT2D eigenvalue weighted by Gasteiger charge is 2.01. The van der Waals surface area contributed by atoms with Crippen LogP contribution in [0.4, 0.5) is 5.95 Å². The summed E-state index contributed by atoms with van der Waals surface area (Å²) in [5, 5.41) is 13.5. The maximum atomic E-state index is 11.0. The Kier molecular flexibility index (Phi) is 3.44. The summed E-state index contributed by atoms with van der Waals surface area (Å²) >= 11 is 0. The molecule has 2 aromatic rings. The fourth-order valence-corrected chi connectivity index (χ4v) is 1.37. The molecule has 0 saturated heterocycles. The number of hydrogen-bond donors (Lipinski definition) is 2. The first-order valence-corrected chi connectivity index (χ1v) is 5.33. The van der Waals surface area contributed by atoms with Crippen LogP contribution in [-0.4, -0.2) is 34.7 Å². The number of nitrogens with one attached hydrogen (secondary N) is 2. The Labute approximate surface area is 98.5 Å². The fourth-order valence-electron chi connectivity index (χ4n) is 1.37. The van der Waals surface area contributed by atoms with Crippen LogP contribution < -0.4 is 10.6 Å². The number of rotatable bonds is 4. The van der Waals surface area contributed by atoms with Gasteiger partial charge in [0.05, 0.1) is 5.52 Å². The number of para-hydroxylation sites is 1. The molecule has 0 radical (unpaired) electrons. The van der Waals surface area contributed by atoms with E-state index in [0.717, 1.165) is 11.0 Å². The summed E-state index contributed by atoms with van der Waals surface area (Å²) in [5.74, 6) is 0.416. The summed E-state index contributed by atoms with van der Waals surface area (Å²) in [4.78, 5) is 15.3. The third-order valence-corrected chi connectivity index (χ3v) is 2.27. The van der Waals surface area contributed by atoms with E-state index in [1.54, 1.807) is 7.05 Å². The van der Waals surface area contributed by atoms with Gasteiger partial charge in [-0.2, -0.15) is 0 Å². The van der Waals surface area contributed by atoms with E-state index in [1.807, 2.05) is 24.3 Å². The zero-order valence-corrected chi connectivity index (χ0v) is 9.47. The number of amides is 1. The highest BCUT2D eigenvalue weighted by Crippen LogP contribution is 2.08. The molecule has 1 heterocycles. The maximum absolute atomic E-state index is 11.0. The van der Waals surface area contributed by atoms with Gasteiger partial charge < -0.3 is 10.6 Å². The highest BCUT2D eigenvalue weighted by molar-refractivity contribution is 5.76. The van der Waals surface area contributed by atoms with Crippen molar-refractivity contribution in [1.82, 2.24) is 20.5 Å². The molecule has 1 aromatic carbocycles. The van der Waals surface area contributed by atoms with Gasteiger partial charge in [-0.05, 0) is 12.1 Å². The number of hydrogen-bond acceptors (Lipinski definition) is 5. The number of anilines is 1. The molecule has 0 spiro atoms. The Morgan fingerprint density at radius 2 is 2.00 bits per heavy atom. The van der Waals surface area contributed by atoms with E-state index in [1.165, 1.54) is 0 Å². The Bertz CT molecular complexity index is 528. The summed E-state index contributed by atoms with van der Waals surface area (Å²) in [6.07, 6.45) is 0.382. The minimum absolute atomic E-state index is 0.0220. The van der Waals surface area contributed by atoms with Crippen LogP contribution in [0.1, 0.15) is 6.42 Å². The molecule has 1 amide bonds. The quantitative estimate of drug-likeness (QED) is 0.804. The van der Waals surface area contributed by atoms with Crippen LogP contribution in [0.15, 0.2) is 24.3 Å². The van der Waals surface area contributed by atoms with Gasteiger partial charge in [0.2, 0.25) is 11.9 Å². The summed E-state index contributed by atoms with van der Waals surface area (Å²) in [6, 6.07) is 7.50. The molecule has 88 valence electrons. The Balaban J connectivity index is 2.02. The zero-order valence-electron chi connectivity index (χ0n) is 9.47. The first-order chi connectivity index (χ1) is 8.29. The summed E-state index contributed by atoms with van der Waals surface area (Å²) < 4.78 is 0. The second-order valence-electron chi connectivity index (χ2n) is 3.47. The molecule has 0 unspecified atom stereocenters. The molecular weight excluding hydrogens is 218 g/mol. The normalized spacial score (nSPS) is 10.2. The molecule has 0 fully saturated rings. The number of carbonyl (C=O) groups excluding carboxylic acids is 1. The summed E-state index contributed by atoms with van der Waals surface area (Å²) in [6.45, 7) is 0.486. The molecule has 0 aliphatic rings. The molecule has 17 heavy (non-hydrogen) atoms. The van der Waals surface area contributed by atoms with Crippen molar-refractivity contribution in [2.45, 2.75) is 6.42 Å². The number of nitrogens with zero attached hydrogens (tertiary/aromatic N) is 3. The lowest BCUT2D eigenvalue weighted by Gasteiger charge is -2.03. The lowest BCUT2D eigenvalue weighted by atomic mass is 10.3. The minimum atomic E-state index is -0.0220. The monoisotopic (exact) mass is 231 g/mol. The highest BCUT2D eigenvalue weighted by atomic mass is 16.1. The van der Waals surface area contributed by atoms with Crippen molar-refractivity contribution in [1.29, 1.82) is 0 Å². The molecule has 0 bridgehead atoms. The molecule has 2 N–H and O–H groups in total. The van der Waals surface area contributed by atoms with Crippen molar-refractivity contribution in [3.8, 4) is 0 Å². The van der Waals surface area contributed by atoms with E-state index in [0.29, 0.717) is 18.9 Å². The van der Waals surface area contributed by atoms with Crippen LogP contribution in [0.5, 0.6) is 0 Å². The summed E-state index contributed by atoms with van der Waals surface area (Å²) in [5.41, 5.74) is 1.54. The van der Waals surface area contributed by atoms with Gasteiger partial charge in [0.15, 0.2) is 0 Å². The number of benzene rings is 1. The standard InChI is InChI=1S/C11H13N5O/c1-12-10(17)6-7-13-11-14-8-4-2-3-5-9(8)15-16-11/h2-5H,6-7H2,1H3,(H,12,17)(H,13,14,16). The van der Waals surface area contributed by atoms with E-state index in [9.17, 15) is 4.79 Å². The third-order valence-electron chi connectivity index (χ3n) is 2.27. The van der Waals surface area contributed by atoms with Gasteiger partial charge in [0, 0.05) is 20.0 Å². The van der Waals surface area contributed by atoms with Gasteiger partial charge in [0.1, 0.15) is 5.52 Å². The van der Waals surface area contributed by atoms with E-state index in [-0.39, 0.29) is 5.91 Å². The van der Waals surface area contributed by atoms with Gasteiger partial charge >= 0.3 is 0 Å². The SMILES string of the molecule is CNC(=O)CCNc1nnc2ccccc2n1. The van der Waals surface area contributed by atoms with Gasteiger partial charge in [-0.15, -0.1) is 10.2 Å². The molecule has 2 rings (SSSR count). The maximum Gasteiger partial charge on any atom is 0.243 e. The Morgan fingerprint density at radius 1 is 1.24 bits per heavy atom. The zero-order chi connectivity index (χ0) is 12.1. The largest absolute Gasteiger partial charge is 0.359 e. The second kappa shape index (κ2) is 5.20. The van der Waals surface area contributed by atoms with E-state index in [4.69, 9.17) is 0 Å². The van der Waals surface area contributed by atoms with Crippen molar-refractivity contribution in [3.05, 3.63) is 24.3 Å². The smallest absolute Gasteiger partial charge is 0.243 e. The van der Waals surface area contributed by atoms with Crippen LogP contribution in [0, 0.1) is 0 Å². The lowest BCUT2D eigenvalue weighted by molar-refractivity contribution is -0.120. The molecule has 0 saturated carbocycles. The first-order valence-electron chi connectivity index (χ1n) is 5.33. The average molecular weight is 231 g/mol. The third kappa shape index (κ3) is 2.87. The molecule has 0 atom stereocenters. The Morgan fingerprint density at radius 3 is 2.76 bits per heavy atom. The molecule has 6 heteroatoms. The summed E-state index contributed by atoms with van der Waals surface area (Å²) in [7, 11) is 1.61. The van der Waals surface area contributed by atoms with Crippen molar-refractivity contribution < 1.29 is 4.79 Å². The van der Waals surface area contributed by atoms with Crippen molar-refractivity contribution in [2.24, 2.45) is 0 Å². The topological polar surface area (TPSA) is 79.8 Å². The number of aromatic nitrogens is 3. The van der Waals surface area contributed by atoms with Crippen LogP contribution in [0.3, 0.4) is 0 Å². The average Bonchev–Trinajstić information content (AvgIpc) is 2.38. The van der Waals surface area contributed by atoms with Crippen molar-refractivity contribution in [3.63, 3.8) is 0 Å². The molecule has 6 nitrogen and oxygen atoms in total. The fraction of sp³-hybridized carbons (Fsp3) is 0.273. The molecule has 1 aromatic heterocycles. The van der Waals surface area contributed by atoms with Crippen LogP contribution in [-0.2, 0) is 4.79 Å². The van der Waals surface area contributed by atoms with Crippen LogP contribution >= 0.6 is 0 Å². The minimum Gasteiger partial charge on any atom is -0.359 e. The number of carbonyl (C=O) groups is 1. The molecule has 0 aliphatic heterocycles. The Hall–Kier alpha value is -2.24. The van der Waals surface area contributed by atoms with E-state index in [2.05, 4.69) is 25.8 Å². The first kappa shape index (κ1) is 11.3. The van der Waals surface area contributed by atoms with Crippen molar-refractivity contribution >= 4 is 22.9 Å². The second-order valence-corrected chi connectivity index (χ2v) is 3.47. The van der Waals surface area contributed by atoms with Gasteiger partial charge in [-0.1, -0.05) is 12.1 Å². The predicted octanol–water partition coefficient (Wildman–Crippen LogP) is 0.573. The number of fused-ring (bicyclic) bond motifs is 1. The van der Waals surface area contributed by atoms with Gasteiger partial charge in [-0.25, -0.2) is 4.98 Å². The van der Waals surface area contributed by atoms with Gasteiger partial charge in [-0.3, -0.25) is 4.79 Å². The lowest BCUT2D eigenvalue weighted by Crippen LogP contribution is -2.21. The van der Waals surface area contributed by atoms with Gasteiger partial charge in [0.25, 0.3) is 0 Å². The van der Waals surface area contributed by atoms with Crippen molar-refractivity contribution in [2.75, 3.05) is 18.9 Å². The van der Waals surface area contributed by atoms with E-state index >= 15 is 0 Å². The predicted molar refractivity (Wildman–Crippen MR) is 64.5 cm³/mol. The van der Waals surface area contributed by atoms with Crippen LogP contribution in [0.25, 0.3) is 11.0 Å². The van der Waals surface area contributed by atoms with Crippen LogP contribution in [0.2, 0.25) is 0 Å².